The largest absolute Gasteiger partial charge is 0.484 e. The third kappa shape index (κ3) is 7.48. The number of alkyl halides is 3. The quantitative estimate of drug-likeness (QED) is 0.624. The maximum Gasteiger partial charge on any atom is 0.416 e. The van der Waals surface area contributed by atoms with Crippen LogP contribution in [0.2, 0.25) is 0 Å². The highest BCUT2D eigenvalue weighted by atomic mass is 19.4. The summed E-state index contributed by atoms with van der Waals surface area (Å²) in [4.78, 5) is 23.7. The van der Waals surface area contributed by atoms with E-state index >= 15 is 0 Å². The third-order valence-electron chi connectivity index (χ3n) is 4.04. The molecule has 0 heterocycles. The monoisotopic (exact) mass is 408 g/mol. The highest BCUT2D eigenvalue weighted by Gasteiger charge is 2.30. The van der Waals surface area contributed by atoms with Crippen molar-refractivity contribution in [2.75, 3.05) is 19.7 Å². The lowest BCUT2D eigenvalue weighted by Gasteiger charge is -2.10. The van der Waals surface area contributed by atoms with Crippen LogP contribution in [0, 0.1) is 0 Å². The standard InChI is InChI=1S/C21H23F3N2O3/c1-2-3-15-4-10-18(11-5-15)29-14-19(27)25-12-13-26-20(28)16-6-8-17(9-7-16)21(22,23)24/h4-11H,2-3,12-14H2,1H3,(H,25,27)(H,26,28). The van der Waals surface area contributed by atoms with Gasteiger partial charge in [-0.05, 0) is 48.4 Å². The van der Waals surface area contributed by atoms with Gasteiger partial charge in [0, 0.05) is 18.7 Å². The minimum absolute atomic E-state index is 0.110. The number of aryl methyl sites for hydroxylation is 1. The normalized spacial score (nSPS) is 11.0. The van der Waals surface area contributed by atoms with Gasteiger partial charge in [0.1, 0.15) is 5.75 Å². The molecule has 2 aromatic rings. The van der Waals surface area contributed by atoms with E-state index in [1.54, 1.807) is 0 Å². The molecule has 0 spiro atoms. The summed E-state index contributed by atoms with van der Waals surface area (Å²) in [6.45, 7) is 2.25. The Balaban J connectivity index is 1.66. The van der Waals surface area contributed by atoms with Gasteiger partial charge in [0.15, 0.2) is 6.61 Å². The fraction of sp³-hybridized carbons (Fsp3) is 0.333. The third-order valence-corrected chi connectivity index (χ3v) is 4.04. The van der Waals surface area contributed by atoms with Gasteiger partial charge < -0.3 is 15.4 Å². The van der Waals surface area contributed by atoms with Crippen LogP contribution >= 0.6 is 0 Å². The van der Waals surface area contributed by atoms with E-state index in [0.29, 0.717) is 5.75 Å². The molecule has 0 fully saturated rings. The van der Waals surface area contributed by atoms with Crippen molar-refractivity contribution in [1.29, 1.82) is 0 Å². The highest BCUT2D eigenvalue weighted by Crippen LogP contribution is 2.29. The average molecular weight is 408 g/mol. The zero-order valence-corrected chi connectivity index (χ0v) is 16.0. The molecule has 5 nitrogen and oxygen atoms in total. The number of carbonyl (C=O) groups excluding carboxylic acids is 2. The molecule has 0 aliphatic rings. The first-order valence-corrected chi connectivity index (χ1v) is 9.23. The zero-order chi connectivity index (χ0) is 21.3. The second kappa shape index (κ2) is 10.5. The molecule has 0 bridgehead atoms. The molecule has 0 aliphatic heterocycles. The molecular weight excluding hydrogens is 385 g/mol. The van der Waals surface area contributed by atoms with Crippen molar-refractivity contribution >= 4 is 11.8 Å². The average Bonchev–Trinajstić information content (AvgIpc) is 2.70. The number of hydrogen-bond donors (Lipinski definition) is 2. The topological polar surface area (TPSA) is 67.4 Å². The van der Waals surface area contributed by atoms with Crippen LogP contribution in [0.3, 0.4) is 0 Å². The van der Waals surface area contributed by atoms with Crippen molar-refractivity contribution in [3.63, 3.8) is 0 Å². The molecule has 0 saturated heterocycles. The molecule has 0 aliphatic carbocycles. The lowest BCUT2D eigenvalue weighted by molar-refractivity contribution is -0.137. The Morgan fingerprint density at radius 3 is 2.14 bits per heavy atom. The summed E-state index contributed by atoms with van der Waals surface area (Å²) in [5.41, 5.74) is 0.494. The maximum absolute atomic E-state index is 12.5. The van der Waals surface area contributed by atoms with E-state index in [1.807, 2.05) is 24.3 Å². The number of rotatable bonds is 9. The molecule has 2 rings (SSSR count). The number of benzene rings is 2. The van der Waals surface area contributed by atoms with E-state index in [-0.39, 0.29) is 31.2 Å². The van der Waals surface area contributed by atoms with Crippen molar-refractivity contribution in [2.24, 2.45) is 0 Å². The van der Waals surface area contributed by atoms with Gasteiger partial charge in [-0.15, -0.1) is 0 Å². The van der Waals surface area contributed by atoms with Gasteiger partial charge in [-0.1, -0.05) is 25.5 Å². The lowest BCUT2D eigenvalue weighted by atomic mass is 10.1. The van der Waals surface area contributed by atoms with Gasteiger partial charge in [0.2, 0.25) is 0 Å². The molecular formula is C21H23F3N2O3. The molecule has 0 unspecified atom stereocenters. The van der Waals surface area contributed by atoms with Crippen LogP contribution in [0.15, 0.2) is 48.5 Å². The summed E-state index contributed by atoms with van der Waals surface area (Å²) >= 11 is 0. The number of halogens is 3. The Kier molecular flexibility index (Phi) is 8.06. The van der Waals surface area contributed by atoms with Crippen molar-refractivity contribution < 1.29 is 27.5 Å². The molecule has 29 heavy (non-hydrogen) atoms. The van der Waals surface area contributed by atoms with Gasteiger partial charge in [-0.2, -0.15) is 13.2 Å². The molecule has 0 aromatic heterocycles. The van der Waals surface area contributed by atoms with Crippen LogP contribution in [-0.2, 0) is 17.4 Å². The molecule has 2 amide bonds. The molecule has 0 radical (unpaired) electrons. The Hall–Kier alpha value is -3.03. The predicted octanol–water partition coefficient (Wildman–Crippen LogP) is 3.58. The number of hydrogen-bond acceptors (Lipinski definition) is 3. The van der Waals surface area contributed by atoms with Crippen molar-refractivity contribution in [3.8, 4) is 5.75 Å². The first kappa shape index (κ1) is 22.3. The second-order valence-electron chi connectivity index (χ2n) is 6.36. The second-order valence-corrected chi connectivity index (χ2v) is 6.36. The van der Waals surface area contributed by atoms with Crippen LogP contribution in [0.4, 0.5) is 13.2 Å². The minimum atomic E-state index is -4.45. The van der Waals surface area contributed by atoms with Gasteiger partial charge >= 0.3 is 6.18 Å². The Bertz CT molecular complexity index is 803. The van der Waals surface area contributed by atoms with E-state index in [4.69, 9.17) is 4.74 Å². The smallest absolute Gasteiger partial charge is 0.416 e. The van der Waals surface area contributed by atoms with E-state index in [1.165, 1.54) is 5.56 Å². The summed E-state index contributed by atoms with van der Waals surface area (Å²) in [6.07, 6.45) is -2.41. The van der Waals surface area contributed by atoms with E-state index in [9.17, 15) is 22.8 Å². The highest BCUT2D eigenvalue weighted by molar-refractivity contribution is 5.94. The van der Waals surface area contributed by atoms with Crippen molar-refractivity contribution in [1.82, 2.24) is 10.6 Å². The molecule has 2 N–H and O–H groups in total. The van der Waals surface area contributed by atoms with Crippen LogP contribution in [0.25, 0.3) is 0 Å². The summed E-state index contributed by atoms with van der Waals surface area (Å²) in [5.74, 6) is -0.265. The Labute approximate surface area is 167 Å². The van der Waals surface area contributed by atoms with E-state index in [0.717, 1.165) is 37.1 Å². The van der Waals surface area contributed by atoms with Crippen LogP contribution < -0.4 is 15.4 Å². The Morgan fingerprint density at radius 2 is 1.55 bits per heavy atom. The lowest BCUT2D eigenvalue weighted by Crippen LogP contribution is -2.36. The predicted molar refractivity (Wildman–Crippen MR) is 103 cm³/mol. The molecule has 2 aromatic carbocycles. The Morgan fingerprint density at radius 1 is 0.931 bits per heavy atom. The molecule has 8 heteroatoms. The van der Waals surface area contributed by atoms with Crippen LogP contribution in [-0.4, -0.2) is 31.5 Å². The van der Waals surface area contributed by atoms with Crippen molar-refractivity contribution in [3.05, 3.63) is 65.2 Å². The van der Waals surface area contributed by atoms with E-state index < -0.39 is 17.6 Å². The molecule has 156 valence electrons. The fourth-order valence-electron chi connectivity index (χ4n) is 2.53. The van der Waals surface area contributed by atoms with Crippen LogP contribution in [0.5, 0.6) is 5.75 Å². The van der Waals surface area contributed by atoms with Gasteiger partial charge in [-0.3, -0.25) is 9.59 Å². The van der Waals surface area contributed by atoms with Crippen LogP contribution in [0.1, 0.15) is 34.8 Å². The minimum Gasteiger partial charge on any atom is -0.484 e. The zero-order valence-electron chi connectivity index (χ0n) is 16.0. The SMILES string of the molecule is CCCc1ccc(OCC(=O)NCCNC(=O)c2ccc(C(F)(F)F)cc2)cc1. The summed E-state index contributed by atoms with van der Waals surface area (Å²) < 4.78 is 42.9. The summed E-state index contributed by atoms with van der Waals surface area (Å²) in [5, 5.41) is 5.12. The van der Waals surface area contributed by atoms with Crippen molar-refractivity contribution in [2.45, 2.75) is 25.9 Å². The summed E-state index contributed by atoms with van der Waals surface area (Å²) in [7, 11) is 0. The number of amides is 2. The molecule has 0 atom stereocenters. The number of nitrogens with one attached hydrogen (secondary N) is 2. The molecule has 0 saturated carbocycles. The summed E-state index contributed by atoms with van der Waals surface area (Å²) in [6, 6.07) is 11.4. The number of carbonyl (C=O) groups is 2. The van der Waals surface area contributed by atoms with Gasteiger partial charge in [0.25, 0.3) is 11.8 Å². The maximum atomic E-state index is 12.5. The van der Waals surface area contributed by atoms with E-state index in [2.05, 4.69) is 17.6 Å². The van der Waals surface area contributed by atoms with Gasteiger partial charge in [-0.25, -0.2) is 0 Å². The first-order chi connectivity index (χ1) is 13.8. The van der Waals surface area contributed by atoms with Gasteiger partial charge in [0.05, 0.1) is 5.56 Å². The fourth-order valence-corrected chi connectivity index (χ4v) is 2.53. The first-order valence-electron chi connectivity index (χ1n) is 9.23. The number of ether oxygens (including phenoxy) is 1.